The zero-order chi connectivity index (χ0) is 17.6. The molecule has 1 heterocycles. The summed E-state index contributed by atoms with van der Waals surface area (Å²) < 4.78 is 5.38. The van der Waals surface area contributed by atoms with Gasteiger partial charge in [0.25, 0.3) is 0 Å². The van der Waals surface area contributed by atoms with E-state index in [4.69, 9.17) is 4.42 Å². The number of aryl methyl sites for hydroxylation is 1. The van der Waals surface area contributed by atoms with Crippen LogP contribution in [-0.2, 0) is 4.79 Å². The summed E-state index contributed by atoms with van der Waals surface area (Å²) in [6.45, 7) is 1.84. The maximum atomic E-state index is 12.6. The lowest BCUT2D eigenvalue weighted by atomic mass is 10.0. The Morgan fingerprint density at radius 3 is 2.36 bits per heavy atom. The molecule has 124 valence electrons. The number of para-hydroxylation sites is 1. The van der Waals surface area contributed by atoms with Gasteiger partial charge in [0.2, 0.25) is 5.91 Å². The van der Waals surface area contributed by atoms with Gasteiger partial charge in [-0.3, -0.25) is 9.59 Å². The fraction of sp³-hybridized carbons (Fsp3) is 0.0476. The van der Waals surface area contributed by atoms with Crippen LogP contribution in [-0.4, -0.2) is 11.7 Å². The quantitative estimate of drug-likeness (QED) is 0.554. The first-order valence-electron chi connectivity index (χ1n) is 7.88. The summed E-state index contributed by atoms with van der Waals surface area (Å²) in [5.74, 6) is 0.907. The average Bonchev–Trinajstić information content (AvgIpc) is 3.06. The van der Waals surface area contributed by atoms with Gasteiger partial charge in [0.05, 0.1) is 5.69 Å². The predicted octanol–water partition coefficient (Wildman–Crippen LogP) is 4.47. The Bertz CT molecular complexity index is 923. The van der Waals surface area contributed by atoms with E-state index >= 15 is 0 Å². The first kappa shape index (κ1) is 16.5. The van der Waals surface area contributed by atoms with E-state index in [2.05, 4.69) is 5.32 Å². The van der Waals surface area contributed by atoms with Gasteiger partial charge in [-0.05, 0) is 37.3 Å². The summed E-state index contributed by atoms with van der Waals surface area (Å²) >= 11 is 0. The molecule has 0 fully saturated rings. The van der Waals surface area contributed by atoms with Crippen molar-refractivity contribution in [1.29, 1.82) is 0 Å². The molecule has 4 heteroatoms. The summed E-state index contributed by atoms with van der Waals surface area (Å²) in [7, 11) is 0. The smallest absolute Gasteiger partial charge is 0.248 e. The maximum Gasteiger partial charge on any atom is 0.248 e. The average molecular weight is 331 g/mol. The van der Waals surface area contributed by atoms with Crippen molar-refractivity contribution >= 4 is 23.5 Å². The Kier molecular flexibility index (Phi) is 4.90. The van der Waals surface area contributed by atoms with Gasteiger partial charge in [-0.2, -0.15) is 0 Å². The second-order valence-electron chi connectivity index (χ2n) is 5.51. The molecule has 0 spiro atoms. The van der Waals surface area contributed by atoms with Crippen LogP contribution in [0.1, 0.15) is 27.4 Å². The van der Waals surface area contributed by atoms with E-state index in [1.807, 2.05) is 31.2 Å². The standard InChI is InChI=1S/C21H17NO3/c1-15-11-12-17(25-15)13-14-20(23)22-19-10-6-5-9-18(19)21(24)16-7-3-2-4-8-16/h2-14H,1H3,(H,22,23)/b14-13+. The highest BCUT2D eigenvalue weighted by atomic mass is 16.3. The number of carbonyl (C=O) groups is 2. The number of amides is 1. The molecule has 0 bridgehead atoms. The second-order valence-corrected chi connectivity index (χ2v) is 5.51. The molecule has 0 aliphatic rings. The van der Waals surface area contributed by atoms with E-state index in [1.165, 1.54) is 6.08 Å². The van der Waals surface area contributed by atoms with Crippen molar-refractivity contribution in [2.24, 2.45) is 0 Å². The number of nitrogens with one attached hydrogen (secondary N) is 1. The van der Waals surface area contributed by atoms with E-state index in [1.54, 1.807) is 48.5 Å². The molecular weight excluding hydrogens is 314 g/mol. The molecule has 0 aliphatic carbocycles. The van der Waals surface area contributed by atoms with Crippen molar-refractivity contribution in [2.75, 3.05) is 5.32 Å². The van der Waals surface area contributed by atoms with Crippen molar-refractivity contribution in [3.05, 3.63) is 95.5 Å². The Hall–Kier alpha value is -3.40. The number of benzene rings is 2. The third kappa shape index (κ3) is 4.12. The molecule has 0 radical (unpaired) electrons. The molecule has 1 N–H and O–H groups in total. The molecule has 25 heavy (non-hydrogen) atoms. The minimum absolute atomic E-state index is 0.137. The first-order chi connectivity index (χ1) is 12.1. The van der Waals surface area contributed by atoms with Crippen LogP contribution in [0.15, 0.2) is 77.2 Å². The van der Waals surface area contributed by atoms with E-state index in [0.717, 1.165) is 5.76 Å². The molecule has 0 saturated heterocycles. The largest absolute Gasteiger partial charge is 0.462 e. The van der Waals surface area contributed by atoms with E-state index in [0.29, 0.717) is 22.6 Å². The van der Waals surface area contributed by atoms with E-state index in [9.17, 15) is 9.59 Å². The second kappa shape index (κ2) is 7.45. The van der Waals surface area contributed by atoms with Crippen LogP contribution in [0.4, 0.5) is 5.69 Å². The minimum atomic E-state index is -0.331. The van der Waals surface area contributed by atoms with Gasteiger partial charge in [-0.1, -0.05) is 42.5 Å². The molecular formula is C21H17NO3. The summed E-state index contributed by atoms with van der Waals surface area (Å²) in [6, 6.07) is 19.5. The fourth-order valence-electron chi connectivity index (χ4n) is 2.41. The van der Waals surface area contributed by atoms with Crippen molar-refractivity contribution < 1.29 is 14.0 Å². The van der Waals surface area contributed by atoms with Crippen LogP contribution in [0.25, 0.3) is 6.08 Å². The normalized spacial score (nSPS) is 10.8. The third-order valence-corrected chi connectivity index (χ3v) is 3.63. The molecule has 3 rings (SSSR count). The summed E-state index contributed by atoms with van der Waals surface area (Å²) in [5, 5.41) is 2.75. The number of carbonyl (C=O) groups excluding carboxylic acids is 2. The van der Waals surface area contributed by atoms with Crippen molar-refractivity contribution in [2.45, 2.75) is 6.92 Å². The third-order valence-electron chi connectivity index (χ3n) is 3.63. The van der Waals surface area contributed by atoms with Gasteiger partial charge in [-0.15, -0.1) is 0 Å². The Balaban J connectivity index is 1.78. The van der Waals surface area contributed by atoms with E-state index in [-0.39, 0.29) is 11.7 Å². The lowest BCUT2D eigenvalue weighted by Gasteiger charge is -2.09. The van der Waals surface area contributed by atoms with Crippen molar-refractivity contribution in [3.63, 3.8) is 0 Å². The Morgan fingerprint density at radius 1 is 0.920 bits per heavy atom. The zero-order valence-corrected chi connectivity index (χ0v) is 13.7. The lowest BCUT2D eigenvalue weighted by Crippen LogP contribution is -2.12. The van der Waals surface area contributed by atoms with Crippen molar-refractivity contribution in [3.8, 4) is 0 Å². The van der Waals surface area contributed by atoms with Gasteiger partial charge in [0.15, 0.2) is 5.78 Å². The number of hydrogen-bond donors (Lipinski definition) is 1. The molecule has 4 nitrogen and oxygen atoms in total. The zero-order valence-electron chi connectivity index (χ0n) is 13.7. The number of ketones is 1. The molecule has 0 saturated carbocycles. The van der Waals surface area contributed by atoms with Crippen molar-refractivity contribution in [1.82, 2.24) is 0 Å². The lowest BCUT2D eigenvalue weighted by molar-refractivity contribution is -0.111. The summed E-state index contributed by atoms with van der Waals surface area (Å²) in [4.78, 5) is 24.8. The molecule has 1 aromatic heterocycles. The highest BCUT2D eigenvalue weighted by Gasteiger charge is 2.13. The monoisotopic (exact) mass is 331 g/mol. The number of rotatable bonds is 5. The predicted molar refractivity (Wildman–Crippen MR) is 97.4 cm³/mol. The topological polar surface area (TPSA) is 59.3 Å². The van der Waals surface area contributed by atoms with Crippen LogP contribution in [0.2, 0.25) is 0 Å². The van der Waals surface area contributed by atoms with Crippen LogP contribution in [0.3, 0.4) is 0 Å². The highest BCUT2D eigenvalue weighted by Crippen LogP contribution is 2.19. The van der Waals surface area contributed by atoms with Crippen LogP contribution in [0.5, 0.6) is 0 Å². The Morgan fingerprint density at radius 2 is 1.64 bits per heavy atom. The SMILES string of the molecule is Cc1ccc(/C=C/C(=O)Nc2ccccc2C(=O)c2ccccc2)o1. The van der Waals surface area contributed by atoms with Crippen LogP contribution < -0.4 is 5.32 Å². The van der Waals surface area contributed by atoms with Gasteiger partial charge in [0, 0.05) is 17.2 Å². The first-order valence-corrected chi connectivity index (χ1v) is 7.88. The Labute approximate surface area is 145 Å². The number of anilines is 1. The number of furan rings is 1. The van der Waals surface area contributed by atoms with Gasteiger partial charge >= 0.3 is 0 Å². The summed E-state index contributed by atoms with van der Waals surface area (Å²) in [5.41, 5.74) is 1.50. The van der Waals surface area contributed by atoms with E-state index < -0.39 is 0 Å². The molecule has 0 unspecified atom stereocenters. The molecule has 0 atom stereocenters. The summed E-state index contributed by atoms with van der Waals surface area (Å²) in [6.07, 6.45) is 2.96. The molecule has 3 aromatic rings. The fourth-order valence-corrected chi connectivity index (χ4v) is 2.41. The molecule has 1 amide bonds. The minimum Gasteiger partial charge on any atom is -0.462 e. The molecule has 0 aliphatic heterocycles. The number of hydrogen-bond acceptors (Lipinski definition) is 3. The van der Waals surface area contributed by atoms with Crippen LogP contribution in [0, 0.1) is 6.92 Å². The van der Waals surface area contributed by atoms with Gasteiger partial charge in [0.1, 0.15) is 11.5 Å². The van der Waals surface area contributed by atoms with Crippen LogP contribution >= 0.6 is 0 Å². The molecule has 2 aromatic carbocycles. The highest BCUT2D eigenvalue weighted by molar-refractivity contribution is 6.14. The maximum absolute atomic E-state index is 12.6. The van der Waals surface area contributed by atoms with Gasteiger partial charge < -0.3 is 9.73 Å². The van der Waals surface area contributed by atoms with Gasteiger partial charge in [-0.25, -0.2) is 0 Å².